The first-order valence-corrected chi connectivity index (χ1v) is 14.1. The van der Waals surface area contributed by atoms with E-state index in [0.29, 0.717) is 12.1 Å². The van der Waals surface area contributed by atoms with Gasteiger partial charge in [-0.05, 0) is 103 Å². The minimum Gasteiger partial charge on any atom is -0.493 e. The fraction of sp³-hybridized carbons (Fsp3) is 0.382. The Hall–Kier alpha value is -3.53. The van der Waals surface area contributed by atoms with Gasteiger partial charge < -0.3 is 15.0 Å². The number of fused-ring (bicyclic) bond motifs is 2. The van der Waals surface area contributed by atoms with E-state index in [1.54, 1.807) is 0 Å². The number of benzene rings is 3. The lowest BCUT2D eigenvalue weighted by atomic mass is 10.0. The Labute approximate surface area is 228 Å². The number of aromatic nitrogens is 1. The van der Waals surface area contributed by atoms with Crippen molar-refractivity contribution in [3.63, 3.8) is 0 Å². The zero-order valence-electron chi connectivity index (χ0n) is 23.5. The maximum absolute atomic E-state index is 6.05. The van der Waals surface area contributed by atoms with E-state index in [1.165, 1.54) is 51.9 Å². The summed E-state index contributed by atoms with van der Waals surface area (Å²) >= 11 is 0. The molecule has 0 bridgehead atoms. The highest BCUT2D eigenvalue weighted by atomic mass is 16.5. The van der Waals surface area contributed by atoms with E-state index >= 15 is 0 Å². The monoisotopic (exact) mass is 507 g/mol. The SMILES string of the molecule is CCc1cc(-c2ccc3c(c2)NC(C2CC2)N3C)ccc1OCCC(C)C.Cc1ccnc2ccccc12. The standard InChI is InChI=1S/C24H32N2O.C10H9N/c1-5-17-14-19(9-11-23(17)27-13-12-16(2)3)20-8-10-22-21(15-20)25-24(26(22)4)18-6-7-18;1-8-6-7-11-10-5-3-2-4-9(8)10/h8-11,14-16,18,24-25H,5-7,12-13H2,1-4H3;2-7H,1H3. The second-order valence-corrected chi connectivity index (χ2v) is 11.1. The number of aryl methyl sites for hydroxylation is 2. The van der Waals surface area contributed by atoms with Crippen LogP contribution in [0.3, 0.4) is 0 Å². The molecule has 0 saturated heterocycles. The Morgan fingerprint density at radius 2 is 1.76 bits per heavy atom. The molecule has 2 heterocycles. The van der Waals surface area contributed by atoms with Gasteiger partial charge in [-0.15, -0.1) is 0 Å². The fourth-order valence-corrected chi connectivity index (χ4v) is 5.21. The highest BCUT2D eigenvalue weighted by Crippen LogP contribution is 2.44. The van der Waals surface area contributed by atoms with Crippen LogP contribution in [0, 0.1) is 18.8 Å². The molecule has 4 aromatic rings. The van der Waals surface area contributed by atoms with Crippen molar-refractivity contribution in [2.45, 2.75) is 59.5 Å². The molecule has 1 aliphatic heterocycles. The molecule has 38 heavy (non-hydrogen) atoms. The van der Waals surface area contributed by atoms with Crippen LogP contribution in [0.4, 0.5) is 11.4 Å². The lowest BCUT2D eigenvalue weighted by Gasteiger charge is -2.21. The molecule has 1 saturated carbocycles. The van der Waals surface area contributed by atoms with Gasteiger partial charge >= 0.3 is 0 Å². The van der Waals surface area contributed by atoms with Gasteiger partial charge in [-0.25, -0.2) is 0 Å². The summed E-state index contributed by atoms with van der Waals surface area (Å²) in [4.78, 5) is 6.64. The van der Waals surface area contributed by atoms with Gasteiger partial charge in [-0.1, -0.05) is 51.1 Å². The number of nitrogens with zero attached hydrogens (tertiary/aromatic N) is 2. The zero-order chi connectivity index (χ0) is 26.6. The van der Waals surface area contributed by atoms with Crippen molar-refractivity contribution in [2.24, 2.45) is 11.8 Å². The number of para-hydroxylation sites is 1. The van der Waals surface area contributed by atoms with Crippen molar-refractivity contribution in [2.75, 3.05) is 23.9 Å². The van der Waals surface area contributed by atoms with E-state index in [2.05, 4.69) is 92.4 Å². The lowest BCUT2D eigenvalue weighted by molar-refractivity contribution is 0.287. The van der Waals surface area contributed by atoms with Crippen molar-refractivity contribution in [1.82, 2.24) is 4.98 Å². The third-order valence-corrected chi connectivity index (χ3v) is 7.76. The smallest absolute Gasteiger partial charge is 0.122 e. The Balaban J connectivity index is 0.000000222. The number of rotatable bonds is 7. The molecule has 2 aliphatic rings. The van der Waals surface area contributed by atoms with Crippen LogP contribution in [0.25, 0.3) is 22.0 Å². The molecule has 1 aliphatic carbocycles. The molecule has 1 N–H and O–H groups in total. The summed E-state index contributed by atoms with van der Waals surface area (Å²) in [5.74, 6) is 2.51. The highest BCUT2D eigenvalue weighted by molar-refractivity contribution is 5.82. The van der Waals surface area contributed by atoms with Crippen molar-refractivity contribution in [1.29, 1.82) is 0 Å². The first-order chi connectivity index (χ1) is 18.4. The van der Waals surface area contributed by atoms with Gasteiger partial charge in [0.25, 0.3) is 0 Å². The van der Waals surface area contributed by atoms with Crippen LogP contribution in [0.2, 0.25) is 0 Å². The first kappa shape index (κ1) is 26.1. The van der Waals surface area contributed by atoms with Crippen LogP contribution in [0.5, 0.6) is 5.75 Å². The predicted octanol–water partition coefficient (Wildman–Crippen LogP) is 8.48. The Kier molecular flexibility index (Phi) is 7.87. The second-order valence-electron chi connectivity index (χ2n) is 11.1. The molecule has 1 fully saturated rings. The molecule has 0 radical (unpaired) electrons. The van der Waals surface area contributed by atoms with Gasteiger partial charge in [0.15, 0.2) is 0 Å². The van der Waals surface area contributed by atoms with Gasteiger partial charge in [-0.2, -0.15) is 0 Å². The Morgan fingerprint density at radius 1 is 1.00 bits per heavy atom. The molecular weight excluding hydrogens is 466 g/mol. The topological polar surface area (TPSA) is 37.4 Å². The quantitative estimate of drug-likeness (QED) is 0.272. The minimum atomic E-state index is 0.471. The summed E-state index contributed by atoms with van der Waals surface area (Å²) in [6.07, 6.45) is 7.09. The fourth-order valence-electron chi connectivity index (χ4n) is 5.21. The van der Waals surface area contributed by atoms with Crippen LogP contribution in [-0.2, 0) is 6.42 Å². The van der Waals surface area contributed by atoms with E-state index in [4.69, 9.17) is 4.74 Å². The number of pyridine rings is 1. The van der Waals surface area contributed by atoms with Gasteiger partial charge in [0, 0.05) is 18.6 Å². The third kappa shape index (κ3) is 5.80. The third-order valence-electron chi connectivity index (χ3n) is 7.76. The largest absolute Gasteiger partial charge is 0.493 e. The Bertz CT molecular complexity index is 1390. The van der Waals surface area contributed by atoms with E-state index in [1.807, 2.05) is 30.5 Å². The number of hydrogen-bond donors (Lipinski definition) is 1. The molecular formula is C34H41N3O. The molecule has 0 spiro atoms. The van der Waals surface area contributed by atoms with Crippen molar-refractivity contribution in [3.05, 3.63) is 84.1 Å². The van der Waals surface area contributed by atoms with Crippen molar-refractivity contribution in [3.8, 4) is 16.9 Å². The van der Waals surface area contributed by atoms with Crippen molar-refractivity contribution >= 4 is 22.3 Å². The summed E-state index contributed by atoms with van der Waals surface area (Å²) in [7, 11) is 2.21. The molecule has 198 valence electrons. The van der Waals surface area contributed by atoms with Crippen LogP contribution in [0.1, 0.15) is 51.2 Å². The van der Waals surface area contributed by atoms with E-state index in [-0.39, 0.29) is 0 Å². The van der Waals surface area contributed by atoms with E-state index < -0.39 is 0 Å². The van der Waals surface area contributed by atoms with Crippen molar-refractivity contribution < 1.29 is 4.74 Å². The Morgan fingerprint density at radius 3 is 2.50 bits per heavy atom. The first-order valence-electron chi connectivity index (χ1n) is 14.1. The maximum atomic E-state index is 6.05. The van der Waals surface area contributed by atoms with Crippen LogP contribution >= 0.6 is 0 Å². The summed E-state index contributed by atoms with van der Waals surface area (Å²) < 4.78 is 6.05. The van der Waals surface area contributed by atoms with Gasteiger partial charge in [0.1, 0.15) is 11.9 Å². The summed E-state index contributed by atoms with van der Waals surface area (Å²) in [6, 6.07) is 23.7. The number of hydrogen-bond acceptors (Lipinski definition) is 4. The summed E-state index contributed by atoms with van der Waals surface area (Å²) in [6.45, 7) is 9.57. The molecule has 1 unspecified atom stereocenters. The van der Waals surface area contributed by atoms with Crippen LogP contribution < -0.4 is 15.0 Å². The molecule has 1 aromatic heterocycles. The zero-order valence-corrected chi connectivity index (χ0v) is 23.5. The average molecular weight is 508 g/mol. The number of nitrogens with one attached hydrogen (secondary N) is 1. The molecule has 4 heteroatoms. The van der Waals surface area contributed by atoms with E-state index in [0.717, 1.165) is 36.6 Å². The summed E-state index contributed by atoms with van der Waals surface area (Å²) in [5, 5.41) is 4.98. The second kappa shape index (κ2) is 11.5. The van der Waals surface area contributed by atoms with Gasteiger partial charge in [0.05, 0.1) is 23.5 Å². The van der Waals surface area contributed by atoms with Crippen LogP contribution in [-0.4, -0.2) is 24.8 Å². The minimum absolute atomic E-state index is 0.471. The lowest BCUT2D eigenvalue weighted by Crippen LogP contribution is -2.33. The van der Waals surface area contributed by atoms with Crippen LogP contribution in [0.15, 0.2) is 72.9 Å². The van der Waals surface area contributed by atoms with E-state index in [9.17, 15) is 0 Å². The maximum Gasteiger partial charge on any atom is 0.122 e. The summed E-state index contributed by atoms with van der Waals surface area (Å²) in [5.41, 5.74) is 8.78. The normalized spacial score (nSPS) is 16.2. The molecule has 6 rings (SSSR count). The van der Waals surface area contributed by atoms with Gasteiger partial charge in [-0.3, -0.25) is 4.98 Å². The predicted molar refractivity (Wildman–Crippen MR) is 161 cm³/mol. The molecule has 0 amide bonds. The molecule has 3 aromatic carbocycles. The molecule has 1 atom stereocenters. The average Bonchev–Trinajstić information content (AvgIpc) is 3.72. The number of ether oxygens (including phenoxy) is 1. The number of anilines is 2. The highest BCUT2D eigenvalue weighted by Gasteiger charge is 2.38. The molecule has 4 nitrogen and oxygen atoms in total. The van der Waals surface area contributed by atoms with Gasteiger partial charge in [0.2, 0.25) is 0 Å².